The van der Waals surface area contributed by atoms with E-state index < -0.39 is 0 Å². The van der Waals surface area contributed by atoms with Gasteiger partial charge in [0.05, 0.1) is 17.2 Å². The van der Waals surface area contributed by atoms with E-state index in [-0.39, 0.29) is 5.97 Å². The van der Waals surface area contributed by atoms with Crippen LogP contribution in [0.3, 0.4) is 0 Å². The van der Waals surface area contributed by atoms with Crippen LogP contribution < -0.4 is 0 Å². The van der Waals surface area contributed by atoms with Crippen LogP contribution in [0.1, 0.15) is 16.6 Å². The van der Waals surface area contributed by atoms with E-state index in [4.69, 9.17) is 4.74 Å². The second kappa shape index (κ2) is 4.53. The van der Waals surface area contributed by atoms with Gasteiger partial charge in [-0.1, -0.05) is 0 Å². The van der Waals surface area contributed by atoms with Gasteiger partial charge >= 0.3 is 5.97 Å². The molecule has 84 valence electrons. The molecule has 0 bridgehead atoms. The average molecular weight is 235 g/mol. The molecule has 2 aromatic rings. The van der Waals surface area contributed by atoms with Crippen LogP contribution >= 0.6 is 11.3 Å². The van der Waals surface area contributed by atoms with Crippen molar-refractivity contribution in [1.29, 1.82) is 0 Å². The normalized spacial score (nSPS) is 10.4. The molecule has 16 heavy (non-hydrogen) atoms. The lowest BCUT2D eigenvalue weighted by Crippen LogP contribution is -2.01. The van der Waals surface area contributed by atoms with Crippen LogP contribution in [-0.2, 0) is 11.8 Å². The molecule has 0 spiro atoms. The fraction of sp³-hybridized carbons (Fsp3) is 0.250. The first kappa shape index (κ1) is 11.0. The largest absolute Gasteiger partial charge is 0.462 e. The number of carbonyl (C=O) groups is 1. The quantitative estimate of drug-likeness (QED) is 0.766. The summed E-state index contributed by atoms with van der Waals surface area (Å²) in [4.78, 5) is 13.2. The van der Waals surface area contributed by atoms with E-state index in [0.717, 1.165) is 10.6 Å². The lowest BCUT2D eigenvalue weighted by molar-refractivity contribution is 0.0532. The van der Waals surface area contributed by atoms with Gasteiger partial charge in [0.1, 0.15) is 4.88 Å². The van der Waals surface area contributed by atoms with Crippen LogP contribution in [0.2, 0.25) is 0 Å². The van der Waals surface area contributed by atoms with Gasteiger partial charge in [-0.05, 0) is 31.2 Å². The molecular weight excluding hydrogens is 222 g/mol. The summed E-state index contributed by atoms with van der Waals surface area (Å²) < 4.78 is 6.98. The van der Waals surface area contributed by atoms with E-state index in [2.05, 4.69) is 0 Å². The summed E-state index contributed by atoms with van der Waals surface area (Å²) in [5.41, 5.74) is 1.11. The molecule has 0 N–H and O–H groups in total. The molecule has 0 saturated heterocycles. The maximum Gasteiger partial charge on any atom is 0.348 e. The maximum absolute atomic E-state index is 11.5. The molecule has 4 heteroatoms. The van der Waals surface area contributed by atoms with Crippen molar-refractivity contribution in [3.8, 4) is 10.6 Å². The molecular formula is C12H13NO2S. The van der Waals surface area contributed by atoms with Gasteiger partial charge in [0, 0.05) is 13.2 Å². The van der Waals surface area contributed by atoms with Crippen molar-refractivity contribution in [3.05, 3.63) is 35.3 Å². The molecule has 0 fully saturated rings. The van der Waals surface area contributed by atoms with Crippen LogP contribution in [0.5, 0.6) is 0 Å². The van der Waals surface area contributed by atoms with Crippen molar-refractivity contribution < 1.29 is 9.53 Å². The van der Waals surface area contributed by atoms with Crippen LogP contribution in [0.25, 0.3) is 10.6 Å². The second-order valence-electron chi connectivity index (χ2n) is 3.39. The highest BCUT2D eigenvalue weighted by Gasteiger charge is 2.11. The zero-order valence-corrected chi connectivity index (χ0v) is 10.1. The number of aromatic nitrogens is 1. The standard InChI is InChI=1S/C12H13NO2S/c1-3-15-12(14)11-7-6-10(16-11)9-5-4-8-13(9)2/h4-8H,3H2,1-2H3. The van der Waals surface area contributed by atoms with Gasteiger partial charge in [-0.15, -0.1) is 11.3 Å². The third-order valence-electron chi connectivity index (χ3n) is 2.28. The van der Waals surface area contributed by atoms with Gasteiger partial charge in [0.25, 0.3) is 0 Å². The monoisotopic (exact) mass is 235 g/mol. The van der Waals surface area contributed by atoms with E-state index in [1.165, 1.54) is 11.3 Å². The Hall–Kier alpha value is -1.55. The summed E-state index contributed by atoms with van der Waals surface area (Å²) in [7, 11) is 1.99. The Morgan fingerprint density at radius 3 is 2.88 bits per heavy atom. The summed E-state index contributed by atoms with van der Waals surface area (Å²) in [5, 5.41) is 0. The molecule has 0 radical (unpaired) electrons. The SMILES string of the molecule is CCOC(=O)c1ccc(-c2cccn2C)s1. The van der Waals surface area contributed by atoms with E-state index >= 15 is 0 Å². The number of ether oxygens (including phenoxy) is 1. The molecule has 0 amide bonds. The number of aryl methyl sites for hydroxylation is 1. The summed E-state index contributed by atoms with van der Waals surface area (Å²) in [6.45, 7) is 2.22. The second-order valence-corrected chi connectivity index (χ2v) is 4.47. The number of nitrogens with zero attached hydrogens (tertiary/aromatic N) is 1. The molecule has 0 aliphatic heterocycles. The smallest absolute Gasteiger partial charge is 0.348 e. The zero-order valence-electron chi connectivity index (χ0n) is 9.27. The molecule has 0 aliphatic carbocycles. The number of esters is 1. The van der Waals surface area contributed by atoms with E-state index in [9.17, 15) is 4.79 Å². The Balaban J connectivity index is 2.26. The summed E-state index contributed by atoms with van der Waals surface area (Å²) >= 11 is 1.46. The molecule has 2 aromatic heterocycles. The first-order valence-electron chi connectivity index (χ1n) is 5.11. The minimum Gasteiger partial charge on any atom is -0.462 e. The highest BCUT2D eigenvalue weighted by atomic mass is 32.1. The van der Waals surface area contributed by atoms with Gasteiger partial charge in [-0.2, -0.15) is 0 Å². The highest BCUT2D eigenvalue weighted by Crippen LogP contribution is 2.28. The van der Waals surface area contributed by atoms with Crippen molar-refractivity contribution in [3.63, 3.8) is 0 Å². The third kappa shape index (κ3) is 2.02. The minimum absolute atomic E-state index is 0.243. The van der Waals surface area contributed by atoms with Crippen molar-refractivity contribution in [2.45, 2.75) is 6.92 Å². The Labute approximate surface area is 98.3 Å². The maximum atomic E-state index is 11.5. The molecule has 2 heterocycles. The number of carbonyl (C=O) groups excluding carboxylic acids is 1. The van der Waals surface area contributed by atoms with Gasteiger partial charge < -0.3 is 9.30 Å². The van der Waals surface area contributed by atoms with Crippen molar-refractivity contribution in [2.75, 3.05) is 6.61 Å². The molecule has 3 nitrogen and oxygen atoms in total. The number of thiophene rings is 1. The van der Waals surface area contributed by atoms with Gasteiger partial charge in [-0.25, -0.2) is 4.79 Å². The van der Waals surface area contributed by atoms with E-state index in [1.54, 1.807) is 0 Å². The fourth-order valence-electron chi connectivity index (χ4n) is 1.50. The highest BCUT2D eigenvalue weighted by molar-refractivity contribution is 7.17. The number of hydrogen-bond donors (Lipinski definition) is 0. The molecule has 0 aliphatic rings. The van der Waals surface area contributed by atoms with E-state index in [0.29, 0.717) is 11.5 Å². The van der Waals surface area contributed by atoms with Crippen molar-refractivity contribution in [1.82, 2.24) is 4.57 Å². The van der Waals surface area contributed by atoms with Gasteiger partial charge in [0.15, 0.2) is 0 Å². The first-order valence-corrected chi connectivity index (χ1v) is 5.92. The van der Waals surface area contributed by atoms with Crippen LogP contribution in [0.4, 0.5) is 0 Å². The topological polar surface area (TPSA) is 31.2 Å². The predicted molar refractivity (Wildman–Crippen MR) is 64.7 cm³/mol. The molecule has 0 saturated carbocycles. The molecule has 0 unspecified atom stereocenters. The van der Waals surface area contributed by atoms with Crippen LogP contribution in [-0.4, -0.2) is 17.1 Å². The van der Waals surface area contributed by atoms with Crippen LogP contribution in [0, 0.1) is 0 Å². The predicted octanol–water partition coefficient (Wildman–Crippen LogP) is 2.93. The lowest BCUT2D eigenvalue weighted by atomic mass is 10.3. The molecule has 2 rings (SSSR count). The Morgan fingerprint density at radius 2 is 2.25 bits per heavy atom. The minimum atomic E-state index is -0.243. The Morgan fingerprint density at radius 1 is 1.44 bits per heavy atom. The van der Waals surface area contributed by atoms with Crippen molar-refractivity contribution >= 4 is 17.3 Å². The lowest BCUT2D eigenvalue weighted by Gasteiger charge is -1.99. The average Bonchev–Trinajstić information content (AvgIpc) is 2.86. The first-order chi connectivity index (χ1) is 7.72. The molecule has 0 atom stereocenters. The van der Waals surface area contributed by atoms with Crippen molar-refractivity contribution in [2.24, 2.45) is 7.05 Å². The number of hydrogen-bond acceptors (Lipinski definition) is 3. The Bertz CT molecular complexity index is 499. The zero-order chi connectivity index (χ0) is 11.5. The fourth-order valence-corrected chi connectivity index (χ4v) is 2.47. The van der Waals surface area contributed by atoms with Gasteiger partial charge in [0.2, 0.25) is 0 Å². The van der Waals surface area contributed by atoms with Crippen LogP contribution in [0.15, 0.2) is 30.5 Å². The molecule has 0 aromatic carbocycles. The third-order valence-corrected chi connectivity index (χ3v) is 3.37. The Kier molecular flexibility index (Phi) is 3.10. The van der Waals surface area contributed by atoms with Gasteiger partial charge in [-0.3, -0.25) is 0 Å². The summed E-state index contributed by atoms with van der Waals surface area (Å²) in [6.07, 6.45) is 1.99. The van der Waals surface area contributed by atoms with E-state index in [1.807, 2.05) is 49.0 Å². The summed E-state index contributed by atoms with van der Waals surface area (Å²) in [6, 6.07) is 7.77. The summed E-state index contributed by atoms with van der Waals surface area (Å²) in [5.74, 6) is -0.243. The number of rotatable bonds is 3.